The molecular formula is C13H9BrF3NO. The highest BCUT2D eigenvalue weighted by molar-refractivity contribution is 9.10. The van der Waals surface area contributed by atoms with E-state index in [2.05, 4.69) is 15.9 Å². The van der Waals surface area contributed by atoms with E-state index in [1.807, 2.05) is 0 Å². The Morgan fingerprint density at radius 1 is 1.00 bits per heavy atom. The van der Waals surface area contributed by atoms with Gasteiger partial charge in [0, 0.05) is 10.2 Å². The first-order chi connectivity index (χ1) is 8.86. The smallest absolute Gasteiger partial charge is 0.420 e. The van der Waals surface area contributed by atoms with Gasteiger partial charge in [0.15, 0.2) is 0 Å². The lowest BCUT2D eigenvalue weighted by Gasteiger charge is -2.14. The van der Waals surface area contributed by atoms with Gasteiger partial charge in [0.05, 0.1) is 5.56 Å². The van der Waals surface area contributed by atoms with Crippen molar-refractivity contribution in [2.75, 3.05) is 5.73 Å². The maximum absolute atomic E-state index is 12.9. The SMILES string of the molecule is Nc1ccc(Oc2ccc(Br)cc2C(F)(F)F)cc1. The van der Waals surface area contributed by atoms with Crippen molar-refractivity contribution < 1.29 is 17.9 Å². The molecule has 0 saturated carbocycles. The summed E-state index contributed by atoms with van der Waals surface area (Å²) in [6, 6.07) is 9.87. The molecule has 0 aromatic heterocycles. The molecule has 0 spiro atoms. The third kappa shape index (κ3) is 3.41. The second-order valence-electron chi connectivity index (χ2n) is 3.81. The van der Waals surface area contributed by atoms with Gasteiger partial charge in [0.2, 0.25) is 0 Å². The first-order valence-electron chi connectivity index (χ1n) is 5.26. The van der Waals surface area contributed by atoms with E-state index in [-0.39, 0.29) is 5.75 Å². The Hall–Kier alpha value is -1.69. The molecule has 0 atom stereocenters. The molecule has 0 radical (unpaired) electrons. The largest absolute Gasteiger partial charge is 0.457 e. The molecule has 0 aliphatic heterocycles. The summed E-state index contributed by atoms with van der Waals surface area (Å²) in [6.45, 7) is 0. The van der Waals surface area contributed by atoms with Crippen molar-refractivity contribution in [3.05, 3.63) is 52.5 Å². The minimum atomic E-state index is -4.48. The van der Waals surface area contributed by atoms with Crippen LogP contribution in [-0.2, 0) is 6.18 Å². The summed E-state index contributed by atoms with van der Waals surface area (Å²) in [4.78, 5) is 0. The number of halogens is 4. The molecule has 0 heterocycles. The lowest BCUT2D eigenvalue weighted by molar-refractivity contribution is -0.138. The van der Waals surface area contributed by atoms with Crippen LogP contribution in [0.1, 0.15) is 5.56 Å². The molecule has 0 fully saturated rings. The van der Waals surface area contributed by atoms with Crippen molar-refractivity contribution in [3.8, 4) is 11.5 Å². The average Bonchev–Trinajstić information content (AvgIpc) is 2.33. The van der Waals surface area contributed by atoms with E-state index in [1.54, 1.807) is 12.1 Å². The van der Waals surface area contributed by atoms with Gasteiger partial charge < -0.3 is 10.5 Å². The molecule has 0 bridgehead atoms. The first-order valence-corrected chi connectivity index (χ1v) is 6.06. The van der Waals surface area contributed by atoms with Crippen molar-refractivity contribution in [3.63, 3.8) is 0 Å². The van der Waals surface area contributed by atoms with Crippen LogP contribution >= 0.6 is 15.9 Å². The fourth-order valence-corrected chi connectivity index (χ4v) is 1.84. The number of nitrogen functional groups attached to an aromatic ring is 1. The number of anilines is 1. The van der Waals surface area contributed by atoms with Crippen LogP contribution in [0.15, 0.2) is 46.9 Å². The van der Waals surface area contributed by atoms with E-state index in [1.165, 1.54) is 24.3 Å². The van der Waals surface area contributed by atoms with Crippen molar-refractivity contribution in [2.24, 2.45) is 0 Å². The van der Waals surface area contributed by atoms with Crippen LogP contribution in [0.2, 0.25) is 0 Å². The quantitative estimate of drug-likeness (QED) is 0.799. The van der Waals surface area contributed by atoms with Crippen LogP contribution in [-0.4, -0.2) is 0 Å². The van der Waals surface area contributed by atoms with Gasteiger partial charge in [-0.1, -0.05) is 15.9 Å². The van der Waals surface area contributed by atoms with Gasteiger partial charge in [0.25, 0.3) is 0 Å². The zero-order valence-electron chi connectivity index (χ0n) is 9.54. The summed E-state index contributed by atoms with van der Waals surface area (Å²) in [5, 5.41) is 0. The number of ether oxygens (including phenoxy) is 1. The second kappa shape index (κ2) is 5.13. The molecule has 100 valence electrons. The van der Waals surface area contributed by atoms with Crippen LogP contribution < -0.4 is 10.5 Å². The van der Waals surface area contributed by atoms with Crippen LogP contribution in [0.25, 0.3) is 0 Å². The summed E-state index contributed by atoms with van der Waals surface area (Å²) in [7, 11) is 0. The number of rotatable bonds is 2. The van der Waals surface area contributed by atoms with Gasteiger partial charge in [-0.2, -0.15) is 13.2 Å². The molecule has 2 N–H and O–H groups in total. The van der Waals surface area contributed by atoms with E-state index in [9.17, 15) is 13.2 Å². The number of benzene rings is 2. The predicted octanol–water partition coefficient (Wildman–Crippen LogP) is 4.84. The van der Waals surface area contributed by atoms with Gasteiger partial charge in [-0.05, 0) is 42.5 Å². The minimum Gasteiger partial charge on any atom is -0.457 e. The molecule has 0 aliphatic rings. The number of hydrogen-bond donors (Lipinski definition) is 1. The van der Waals surface area contributed by atoms with Crippen molar-refractivity contribution in [1.82, 2.24) is 0 Å². The second-order valence-corrected chi connectivity index (χ2v) is 4.73. The topological polar surface area (TPSA) is 35.2 Å². The summed E-state index contributed by atoms with van der Waals surface area (Å²) in [5.74, 6) is 0.0440. The Kier molecular flexibility index (Phi) is 3.71. The zero-order chi connectivity index (χ0) is 14.0. The number of hydrogen-bond acceptors (Lipinski definition) is 2. The first kappa shape index (κ1) is 13.7. The Morgan fingerprint density at radius 2 is 1.63 bits per heavy atom. The van der Waals surface area contributed by atoms with Crippen LogP contribution in [0.4, 0.5) is 18.9 Å². The van der Waals surface area contributed by atoms with Crippen LogP contribution in [0.5, 0.6) is 11.5 Å². The Bertz CT molecular complexity index is 581. The molecule has 2 rings (SSSR count). The summed E-state index contributed by atoms with van der Waals surface area (Å²) >= 11 is 3.01. The third-order valence-electron chi connectivity index (χ3n) is 2.35. The highest BCUT2D eigenvalue weighted by Crippen LogP contribution is 2.39. The van der Waals surface area contributed by atoms with E-state index in [0.717, 1.165) is 6.07 Å². The molecule has 2 aromatic carbocycles. The molecule has 0 aliphatic carbocycles. The van der Waals surface area contributed by atoms with E-state index in [4.69, 9.17) is 10.5 Å². The fourth-order valence-electron chi connectivity index (χ4n) is 1.48. The maximum atomic E-state index is 12.9. The molecule has 19 heavy (non-hydrogen) atoms. The molecule has 0 amide bonds. The van der Waals surface area contributed by atoms with Gasteiger partial charge in [0.1, 0.15) is 11.5 Å². The fraction of sp³-hybridized carbons (Fsp3) is 0.0769. The lowest BCUT2D eigenvalue weighted by Crippen LogP contribution is -2.07. The standard InChI is InChI=1S/C13H9BrF3NO/c14-8-1-6-12(11(7-8)13(15,16)17)19-10-4-2-9(18)3-5-10/h1-7H,18H2. The van der Waals surface area contributed by atoms with Gasteiger partial charge >= 0.3 is 6.18 Å². The normalized spacial score (nSPS) is 11.4. The van der Waals surface area contributed by atoms with Crippen molar-refractivity contribution in [1.29, 1.82) is 0 Å². The predicted molar refractivity (Wildman–Crippen MR) is 70.1 cm³/mol. The summed E-state index contributed by atoms with van der Waals surface area (Å²) in [6.07, 6.45) is -4.48. The maximum Gasteiger partial charge on any atom is 0.420 e. The lowest BCUT2D eigenvalue weighted by atomic mass is 10.2. The van der Waals surface area contributed by atoms with Crippen LogP contribution in [0, 0.1) is 0 Å². The molecule has 0 saturated heterocycles. The van der Waals surface area contributed by atoms with Gasteiger partial charge in [-0.3, -0.25) is 0 Å². The third-order valence-corrected chi connectivity index (χ3v) is 2.85. The molecular weight excluding hydrogens is 323 g/mol. The summed E-state index contributed by atoms with van der Waals surface area (Å²) in [5.41, 5.74) is 5.18. The van der Waals surface area contributed by atoms with E-state index >= 15 is 0 Å². The Morgan fingerprint density at radius 3 is 2.21 bits per heavy atom. The van der Waals surface area contributed by atoms with E-state index in [0.29, 0.717) is 15.9 Å². The van der Waals surface area contributed by atoms with Gasteiger partial charge in [-0.25, -0.2) is 0 Å². The highest BCUT2D eigenvalue weighted by Gasteiger charge is 2.34. The molecule has 0 unspecified atom stereocenters. The summed E-state index contributed by atoms with van der Waals surface area (Å²) < 4.78 is 44.2. The van der Waals surface area contributed by atoms with Crippen molar-refractivity contribution in [2.45, 2.75) is 6.18 Å². The monoisotopic (exact) mass is 331 g/mol. The highest BCUT2D eigenvalue weighted by atomic mass is 79.9. The molecule has 6 heteroatoms. The molecule has 2 nitrogen and oxygen atoms in total. The molecule has 2 aromatic rings. The minimum absolute atomic E-state index is 0.250. The number of nitrogens with two attached hydrogens (primary N) is 1. The Labute approximate surface area is 116 Å². The van der Waals surface area contributed by atoms with Crippen molar-refractivity contribution >= 4 is 21.6 Å². The van der Waals surface area contributed by atoms with Crippen LogP contribution in [0.3, 0.4) is 0 Å². The zero-order valence-corrected chi connectivity index (χ0v) is 11.1. The average molecular weight is 332 g/mol. The Balaban J connectivity index is 2.37. The van der Waals surface area contributed by atoms with Gasteiger partial charge in [-0.15, -0.1) is 0 Å². The number of alkyl halides is 3. The van der Waals surface area contributed by atoms with E-state index < -0.39 is 11.7 Å².